The third-order valence-electron chi connectivity index (χ3n) is 12.5. The standard InChI is InChI=1S/C54H39N/c1-53(2)47-25-11-10-24-46(47)52-50(53)28-15-29-51(52)55(41-32-33-43-37(34-41)31-30-36-16-6-7-21-42(36)43)40-20-14-19-39(35-40)54(38-17-4-3-5-18-38)48-26-12-8-22-44(48)45-23-9-13-27-49(45)54/h3-35H,1-2H3. The fraction of sp³-hybridized carbons (Fsp3) is 0.0741. The van der Waals surface area contributed by atoms with Crippen LogP contribution in [0.25, 0.3) is 43.8 Å². The Balaban J connectivity index is 1.20. The van der Waals surface area contributed by atoms with Gasteiger partial charge in [0.2, 0.25) is 0 Å². The molecule has 0 heterocycles. The number of benzene rings is 9. The van der Waals surface area contributed by atoms with Crippen LogP contribution in [-0.4, -0.2) is 0 Å². The molecule has 0 amide bonds. The minimum atomic E-state index is -0.494. The van der Waals surface area contributed by atoms with Gasteiger partial charge in [0.05, 0.1) is 11.1 Å². The van der Waals surface area contributed by atoms with Crippen molar-refractivity contribution in [1.82, 2.24) is 0 Å². The number of anilines is 3. The topological polar surface area (TPSA) is 3.24 Å². The zero-order valence-electron chi connectivity index (χ0n) is 31.0. The largest absolute Gasteiger partial charge is 0.310 e. The highest BCUT2D eigenvalue weighted by molar-refractivity contribution is 6.09. The van der Waals surface area contributed by atoms with E-state index in [0.717, 1.165) is 11.4 Å². The van der Waals surface area contributed by atoms with Crippen LogP contribution in [-0.2, 0) is 10.8 Å². The van der Waals surface area contributed by atoms with Crippen LogP contribution >= 0.6 is 0 Å². The average molecular weight is 702 g/mol. The first-order chi connectivity index (χ1) is 27.0. The molecule has 0 aliphatic heterocycles. The summed E-state index contributed by atoms with van der Waals surface area (Å²) >= 11 is 0. The van der Waals surface area contributed by atoms with Crippen molar-refractivity contribution >= 4 is 38.6 Å². The van der Waals surface area contributed by atoms with E-state index >= 15 is 0 Å². The minimum absolute atomic E-state index is 0.119. The fourth-order valence-corrected chi connectivity index (χ4v) is 10.1. The van der Waals surface area contributed by atoms with Crippen LogP contribution < -0.4 is 4.90 Å². The Bertz CT molecular complexity index is 2920. The summed E-state index contributed by atoms with van der Waals surface area (Å²) in [4.78, 5) is 2.51. The van der Waals surface area contributed by atoms with E-state index in [4.69, 9.17) is 0 Å². The fourth-order valence-electron chi connectivity index (χ4n) is 10.1. The van der Waals surface area contributed by atoms with Gasteiger partial charge in [0.25, 0.3) is 0 Å². The van der Waals surface area contributed by atoms with Crippen molar-refractivity contribution in [2.75, 3.05) is 4.90 Å². The number of rotatable bonds is 5. The number of hydrogen-bond donors (Lipinski definition) is 0. The van der Waals surface area contributed by atoms with Crippen molar-refractivity contribution in [2.24, 2.45) is 0 Å². The van der Waals surface area contributed by atoms with Crippen LogP contribution in [0.4, 0.5) is 17.1 Å². The van der Waals surface area contributed by atoms with E-state index in [1.807, 2.05) is 0 Å². The molecular formula is C54H39N. The first kappa shape index (κ1) is 31.8. The Kier molecular flexibility index (Phi) is 6.88. The Morgan fingerprint density at radius 1 is 0.364 bits per heavy atom. The Morgan fingerprint density at radius 3 is 1.71 bits per heavy atom. The maximum atomic E-state index is 2.51. The number of hydrogen-bond acceptors (Lipinski definition) is 1. The van der Waals surface area contributed by atoms with Crippen molar-refractivity contribution in [2.45, 2.75) is 24.7 Å². The molecular weight excluding hydrogens is 663 g/mol. The lowest BCUT2D eigenvalue weighted by Gasteiger charge is -2.35. The van der Waals surface area contributed by atoms with Gasteiger partial charge in [0.1, 0.15) is 0 Å². The molecule has 55 heavy (non-hydrogen) atoms. The molecule has 1 heteroatoms. The summed E-state index contributed by atoms with van der Waals surface area (Å²) in [5.41, 5.74) is 15.9. The third-order valence-corrected chi connectivity index (χ3v) is 12.5. The lowest BCUT2D eigenvalue weighted by Crippen LogP contribution is -2.28. The number of nitrogens with zero attached hydrogens (tertiary/aromatic N) is 1. The SMILES string of the molecule is CC1(C)c2ccccc2-c2c(N(c3cccc(C4(c5ccccc5)c5ccccc5-c5ccccc54)c3)c3ccc4c(ccc5ccccc54)c3)cccc21. The maximum Gasteiger partial charge on any atom is 0.0714 e. The predicted molar refractivity (Wildman–Crippen MR) is 231 cm³/mol. The molecule has 0 saturated carbocycles. The minimum Gasteiger partial charge on any atom is -0.310 e. The van der Waals surface area contributed by atoms with Crippen LogP contribution in [0.3, 0.4) is 0 Å². The monoisotopic (exact) mass is 701 g/mol. The van der Waals surface area contributed by atoms with Crippen molar-refractivity contribution in [1.29, 1.82) is 0 Å². The zero-order chi connectivity index (χ0) is 36.7. The quantitative estimate of drug-likeness (QED) is 0.162. The van der Waals surface area contributed by atoms with Crippen molar-refractivity contribution in [3.63, 3.8) is 0 Å². The van der Waals surface area contributed by atoms with Crippen LogP contribution in [0, 0.1) is 0 Å². The van der Waals surface area contributed by atoms with E-state index in [9.17, 15) is 0 Å². The molecule has 9 aromatic carbocycles. The zero-order valence-corrected chi connectivity index (χ0v) is 31.0. The molecule has 0 unspecified atom stereocenters. The van der Waals surface area contributed by atoms with Gasteiger partial charge in [-0.2, -0.15) is 0 Å². The van der Waals surface area contributed by atoms with Crippen LogP contribution in [0.5, 0.6) is 0 Å². The van der Waals surface area contributed by atoms with Gasteiger partial charge >= 0.3 is 0 Å². The summed E-state index contributed by atoms with van der Waals surface area (Å²) in [7, 11) is 0. The van der Waals surface area contributed by atoms with Crippen LogP contribution in [0.2, 0.25) is 0 Å². The summed E-state index contributed by atoms with van der Waals surface area (Å²) in [5, 5.41) is 5.03. The second kappa shape index (κ2) is 11.9. The molecule has 0 spiro atoms. The van der Waals surface area contributed by atoms with E-state index in [2.05, 4.69) is 219 Å². The predicted octanol–water partition coefficient (Wildman–Crippen LogP) is 14.1. The van der Waals surface area contributed by atoms with Gasteiger partial charge in [-0.05, 0) is 102 Å². The van der Waals surface area contributed by atoms with E-state index < -0.39 is 5.41 Å². The first-order valence-corrected chi connectivity index (χ1v) is 19.4. The first-order valence-electron chi connectivity index (χ1n) is 19.4. The Labute approximate surface area is 322 Å². The highest BCUT2D eigenvalue weighted by atomic mass is 15.1. The summed E-state index contributed by atoms with van der Waals surface area (Å²) in [6.07, 6.45) is 0. The molecule has 0 aromatic heterocycles. The van der Waals surface area contributed by atoms with E-state index in [1.165, 1.54) is 82.9 Å². The maximum absolute atomic E-state index is 2.51. The number of fused-ring (bicyclic) bond motifs is 9. The van der Waals surface area contributed by atoms with Gasteiger partial charge < -0.3 is 4.90 Å². The molecule has 0 saturated heterocycles. The molecule has 260 valence electrons. The van der Waals surface area contributed by atoms with Gasteiger partial charge in [-0.3, -0.25) is 0 Å². The lowest BCUT2D eigenvalue weighted by atomic mass is 9.67. The molecule has 0 radical (unpaired) electrons. The van der Waals surface area contributed by atoms with Gasteiger partial charge in [-0.15, -0.1) is 0 Å². The van der Waals surface area contributed by atoms with Gasteiger partial charge in [-0.25, -0.2) is 0 Å². The van der Waals surface area contributed by atoms with Crippen molar-refractivity contribution in [3.05, 3.63) is 234 Å². The van der Waals surface area contributed by atoms with Gasteiger partial charge in [0, 0.05) is 22.4 Å². The Morgan fingerprint density at radius 2 is 0.927 bits per heavy atom. The van der Waals surface area contributed by atoms with Crippen molar-refractivity contribution in [3.8, 4) is 22.3 Å². The van der Waals surface area contributed by atoms with Gasteiger partial charge in [0.15, 0.2) is 0 Å². The lowest BCUT2D eigenvalue weighted by molar-refractivity contribution is 0.660. The molecule has 11 rings (SSSR count). The molecule has 0 atom stereocenters. The Hall–Kier alpha value is -6.70. The smallest absolute Gasteiger partial charge is 0.0714 e. The molecule has 2 aliphatic rings. The molecule has 0 fully saturated rings. The van der Waals surface area contributed by atoms with Gasteiger partial charge in [-0.1, -0.05) is 184 Å². The third kappa shape index (κ3) is 4.47. The molecule has 9 aromatic rings. The molecule has 2 aliphatic carbocycles. The van der Waals surface area contributed by atoms with E-state index in [0.29, 0.717) is 0 Å². The van der Waals surface area contributed by atoms with E-state index in [1.54, 1.807) is 0 Å². The van der Waals surface area contributed by atoms with E-state index in [-0.39, 0.29) is 5.41 Å². The summed E-state index contributed by atoms with van der Waals surface area (Å²) in [6.45, 7) is 4.73. The highest BCUT2D eigenvalue weighted by Crippen LogP contribution is 2.58. The molecule has 1 nitrogen and oxygen atoms in total. The van der Waals surface area contributed by atoms with Crippen LogP contribution in [0.15, 0.2) is 200 Å². The highest BCUT2D eigenvalue weighted by Gasteiger charge is 2.46. The summed E-state index contributed by atoms with van der Waals surface area (Å²) in [5.74, 6) is 0. The summed E-state index contributed by atoms with van der Waals surface area (Å²) < 4.78 is 0. The second-order valence-electron chi connectivity index (χ2n) is 15.7. The molecule has 0 bridgehead atoms. The molecule has 0 N–H and O–H groups in total. The normalized spacial score (nSPS) is 14.3. The second-order valence-corrected chi connectivity index (χ2v) is 15.7. The van der Waals surface area contributed by atoms with Crippen molar-refractivity contribution < 1.29 is 0 Å². The summed E-state index contributed by atoms with van der Waals surface area (Å²) in [6, 6.07) is 74.6. The van der Waals surface area contributed by atoms with Crippen LogP contribution in [0.1, 0.15) is 47.2 Å². The average Bonchev–Trinajstić information content (AvgIpc) is 3.68.